The van der Waals surface area contributed by atoms with Crippen LogP contribution in [0.15, 0.2) is 18.2 Å². The first kappa shape index (κ1) is 14.3. The molecule has 2 rings (SSSR count). The van der Waals surface area contributed by atoms with E-state index in [9.17, 15) is 0 Å². The lowest BCUT2D eigenvalue weighted by atomic mass is 9.98. The summed E-state index contributed by atoms with van der Waals surface area (Å²) in [5, 5.41) is 0. The predicted molar refractivity (Wildman–Crippen MR) is 86.9 cm³/mol. The molecule has 0 bridgehead atoms. The number of thiocarbonyl (C=S) groups is 1. The van der Waals surface area contributed by atoms with E-state index < -0.39 is 0 Å². The molecule has 1 aliphatic rings. The summed E-state index contributed by atoms with van der Waals surface area (Å²) in [5.41, 5.74) is 9.39. The van der Waals surface area contributed by atoms with Crippen molar-refractivity contribution >= 4 is 22.9 Å². The first-order chi connectivity index (χ1) is 9.11. The molecule has 1 atom stereocenters. The van der Waals surface area contributed by atoms with E-state index in [-0.39, 0.29) is 0 Å². The molecule has 2 N–H and O–H groups in total. The second kappa shape index (κ2) is 6.38. The van der Waals surface area contributed by atoms with Crippen LogP contribution in [0.3, 0.4) is 0 Å². The highest BCUT2D eigenvalue weighted by Crippen LogP contribution is 2.27. The summed E-state index contributed by atoms with van der Waals surface area (Å²) < 4.78 is 0. The van der Waals surface area contributed by atoms with E-state index in [1.807, 2.05) is 0 Å². The Kier molecular flexibility index (Phi) is 4.81. The third kappa shape index (κ3) is 3.47. The van der Waals surface area contributed by atoms with Crippen molar-refractivity contribution in [3.63, 3.8) is 0 Å². The molecule has 1 unspecified atom stereocenters. The Bertz CT molecular complexity index is 456. The molecule has 0 radical (unpaired) electrons. The zero-order valence-electron chi connectivity index (χ0n) is 12.0. The molecule has 0 saturated carbocycles. The van der Waals surface area contributed by atoms with Gasteiger partial charge < -0.3 is 10.6 Å². The van der Waals surface area contributed by atoms with Crippen molar-refractivity contribution in [2.24, 2.45) is 11.7 Å². The molecule has 0 spiro atoms. The largest absolute Gasteiger partial charge is 0.389 e. The molecule has 19 heavy (non-hydrogen) atoms. The van der Waals surface area contributed by atoms with Crippen LogP contribution in [-0.4, -0.2) is 18.1 Å². The molecule has 2 nitrogen and oxygen atoms in total. The summed E-state index contributed by atoms with van der Waals surface area (Å²) in [7, 11) is 0. The molecular weight excluding hydrogens is 252 g/mol. The van der Waals surface area contributed by atoms with Crippen LogP contribution in [0.2, 0.25) is 0 Å². The average Bonchev–Trinajstić information content (AvgIpc) is 2.63. The standard InChI is InChI=1S/C16H24N2S/c1-3-13-5-4-9-18(10-8-13)15-11-12(2)6-7-14(15)16(17)19/h6-7,11,13H,3-5,8-10H2,1-2H3,(H2,17,19). The number of hydrogen-bond acceptors (Lipinski definition) is 2. The Labute approximate surface area is 122 Å². The Morgan fingerprint density at radius 2 is 2.16 bits per heavy atom. The molecule has 1 fully saturated rings. The third-order valence-electron chi connectivity index (χ3n) is 4.18. The number of anilines is 1. The van der Waals surface area contributed by atoms with Gasteiger partial charge in [-0.2, -0.15) is 0 Å². The molecule has 1 aromatic rings. The number of nitrogens with zero attached hydrogens (tertiary/aromatic N) is 1. The number of nitrogens with two attached hydrogens (primary N) is 1. The van der Waals surface area contributed by atoms with Crippen LogP contribution >= 0.6 is 12.2 Å². The van der Waals surface area contributed by atoms with Crippen molar-refractivity contribution in [3.8, 4) is 0 Å². The van der Waals surface area contributed by atoms with Gasteiger partial charge in [-0.1, -0.05) is 31.6 Å². The summed E-state index contributed by atoms with van der Waals surface area (Å²) in [6.45, 7) is 6.67. The van der Waals surface area contributed by atoms with Gasteiger partial charge in [-0.3, -0.25) is 0 Å². The normalized spacial score (nSPS) is 20.1. The van der Waals surface area contributed by atoms with Crippen LogP contribution < -0.4 is 10.6 Å². The van der Waals surface area contributed by atoms with E-state index in [0.29, 0.717) is 4.99 Å². The summed E-state index contributed by atoms with van der Waals surface area (Å²) in [4.78, 5) is 2.98. The Morgan fingerprint density at radius 3 is 2.84 bits per heavy atom. The quantitative estimate of drug-likeness (QED) is 0.855. The van der Waals surface area contributed by atoms with Crippen LogP contribution in [0.1, 0.15) is 43.7 Å². The molecule has 0 aromatic heterocycles. The number of rotatable bonds is 3. The molecular formula is C16H24N2S. The molecule has 1 aliphatic heterocycles. The van der Waals surface area contributed by atoms with Gasteiger partial charge in [0.1, 0.15) is 4.99 Å². The van der Waals surface area contributed by atoms with E-state index in [4.69, 9.17) is 18.0 Å². The first-order valence-electron chi connectivity index (χ1n) is 7.27. The van der Waals surface area contributed by atoms with Gasteiger partial charge in [-0.05, 0) is 49.8 Å². The number of benzene rings is 1. The van der Waals surface area contributed by atoms with Gasteiger partial charge >= 0.3 is 0 Å². The van der Waals surface area contributed by atoms with E-state index in [2.05, 4.69) is 36.9 Å². The van der Waals surface area contributed by atoms with Gasteiger partial charge in [-0.25, -0.2) is 0 Å². The molecule has 1 heterocycles. The lowest BCUT2D eigenvalue weighted by Gasteiger charge is -2.26. The minimum atomic E-state index is 0.506. The Balaban J connectivity index is 2.25. The molecule has 1 aromatic carbocycles. The first-order valence-corrected chi connectivity index (χ1v) is 7.68. The maximum absolute atomic E-state index is 5.87. The van der Waals surface area contributed by atoms with Crippen molar-refractivity contribution in [2.45, 2.75) is 39.5 Å². The maximum atomic E-state index is 5.87. The van der Waals surface area contributed by atoms with Gasteiger partial charge in [0.25, 0.3) is 0 Å². The highest BCUT2D eigenvalue weighted by atomic mass is 32.1. The number of hydrogen-bond donors (Lipinski definition) is 1. The zero-order chi connectivity index (χ0) is 13.8. The summed E-state index contributed by atoms with van der Waals surface area (Å²) >= 11 is 5.19. The summed E-state index contributed by atoms with van der Waals surface area (Å²) in [6.07, 6.45) is 5.19. The summed E-state index contributed by atoms with van der Waals surface area (Å²) in [6, 6.07) is 6.38. The van der Waals surface area contributed by atoms with Gasteiger partial charge in [0.05, 0.1) is 0 Å². The fraction of sp³-hybridized carbons (Fsp3) is 0.562. The highest BCUT2D eigenvalue weighted by molar-refractivity contribution is 7.80. The second-order valence-corrected chi connectivity index (χ2v) is 6.02. The van der Waals surface area contributed by atoms with E-state index in [0.717, 1.165) is 24.6 Å². The molecule has 3 heteroatoms. The molecule has 0 amide bonds. The smallest absolute Gasteiger partial charge is 0.106 e. The fourth-order valence-corrected chi connectivity index (χ4v) is 3.10. The minimum Gasteiger partial charge on any atom is -0.389 e. The molecule has 1 saturated heterocycles. The lowest BCUT2D eigenvalue weighted by molar-refractivity contribution is 0.459. The fourth-order valence-electron chi connectivity index (χ4n) is 2.93. The van der Waals surface area contributed by atoms with Crippen molar-refractivity contribution in [2.75, 3.05) is 18.0 Å². The van der Waals surface area contributed by atoms with Gasteiger partial charge in [-0.15, -0.1) is 0 Å². The van der Waals surface area contributed by atoms with Crippen LogP contribution in [0, 0.1) is 12.8 Å². The highest BCUT2D eigenvalue weighted by Gasteiger charge is 2.18. The zero-order valence-corrected chi connectivity index (χ0v) is 12.8. The average molecular weight is 276 g/mol. The van der Waals surface area contributed by atoms with E-state index in [1.54, 1.807) is 0 Å². The third-order valence-corrected chi connectivity index (χ3v) is 4.40. The van der Waals surface area contributed by atoms with Crippen molar-refractivity contribution in [3.05, 3.63) is 29.3 Å². The SMILES string of the molecule is CCC1CCCN(c2cc(C)ccc2C(N)=S)CC1. The van der Waals surface area contributed by atoms with Crippen LogP contribution in [0.25, 0.3) is 0 Å². The maximum Gasteiger partial charge on any atom is 0.106 e. The van der Waals surface area contributed by atoms with Crippen LogP contribution in [0.4, 0.5) is 5.69 Å². The molecule has 0 aliphatic carbocycles. The predicted octanol–water partition coefficient (Wildman–Crippen LogP) is 3.65. The number of aryl methyl sites for hydroxylation is 1. The summed E-state index contributed by atoms with van der Waals surface area (Å²) in [5.74, 6) is 0.878. The second-order valence-electron chi connectivity index (χ2n) is 5.58. The van der Waals surface area contributed by atoms with Gasteiger partial charge in [0.2, 0.25) is 0 Å². The Hall–Kier alpha value is -1.09. The van der Waals surface area contributed by atoms with Crippen molar-refractivity contribution in [1.29, 1.82) is 0 Å². The van der Waals surface area contributed by atoms with Gasteiger partial charge in [0, 0.05) is 24.3 Å². The van der Waals surface area contributed by atoms with Crippen LogP contribution in [-0.2, 0) is 0 Å². The minimum absolute atomic E-state index is 0.506. The van der Waals surface area contributed by atoms with Crippen LogP contribution in [0.5, 0.6) is 0 Å². The Morgan fingerprint density at radius 1 is 1.37 bits per heavy atom. The monoisotopic (exact) mass is 276 g/mol. The molecule has 104 valence electrons. The van der Waals surface area contributed by atoms with E-state index in [1.165, 1.54) is 36.9 Å². The van der Waals surface area contributed by atoms with E-state index >= 15 is 0 Å². The topological polar surface area (TPSA) is 29.3 Å². The van der Waals surface area contributed by atoms with Crippen molar-refractivity contribution in [1.82, 2.24) is 0 Å². The van der Waals surface area contributed by atoms with Crippen molar-refractivity contribution < 1.29 is 0 Å². The lowest BCUT2D eigenvalue weighted by Crippen LogP contribution is -2.27. The van der Waals surface area contributed by atoms with Gasteiger partial charge in [0.15, 0.2) is 0 Å².